The van der Waals surface area contributed by atoms with Gasteiger partial charge in [-0.3, -0.25) is 4.79 Å². The molecule has 4 nitrogen and oxygen atoms in total. The molecule has 1 aromatic rings. The van der Waals surface area contributed by atoms with E-state index in [9.17, 15) is 4.79 Å². The molecule has 0 N–H and O–H groups in total. The number of methoxy groups -OCH3 is 1. The predicted molar refractivity (Wildman–Crippen MR) is 81.2 cm³/mol. The first-order valence-corrected chi connectivity index (χ1v) is 7.10. The molecular formula is C16H24N2O2. The maximum atomic E-state index is 12.3. The highest BCUT2D eigenvalue weighted by Gasteiger charge is 2.29. The molecule has 1 aromatic carbocycles. The van der Waals surface area contributed by atoms with Gasteiger partial charge in [-0.2, -0.15) is 0 Å². The highest BCUT2D eigenvalue weighted by atomic mass is 16.5. The number of anilines is 1. The SMILES string of the molecule is COc1cccc(N2CCN(C(=O)C(C)(C)C)CC2)c1. The molecule has 0 spiro atoms. The number of piperazine rings is 1. The topological polar surface area (TPSA) is 32.8 Å². The van der Waals surface area contributed by atoms with Crippen LogP contribution < -0.4 is 9.64 Å². The summed E-state index contributed by atoms with van der Waals surface area (Å²) in [5.74, 6) is 1.11. The van der Waals surface area contributed by atoms with Crippen molar-refractivity contribution in [3.8, 4) is 5.75 Å². The van der Waals surface area contributed by atoms with Gasteiger partial charge in [0.1, 0.15) is 5.75 Å². The molecular weight excluding hydrogens is 252 g/mol. The number of ether oxygens (including phenoxy) is 1. The second-order valence-electron chi connectivity index (χ2n) is 6.23. The van der Waals surface area contributed by atoms with Crippen molar-refractivity contribution in [2.24, 2.45) is 5.41 Å². The Hall–Kier alpha value is -1.71. The Labute approximate surface area is 121 Å². The summed E-state index contributed by atoms with van der Waals surface area (Å²) in [4.78, 5) is 16.5. The number of carbonyl (C=O) groups is 1. The van der Waals surface area contributed by atoms with Crippen LogP contribution in [0.25, 0.3) is 0 Å². The average molecular weight is 276 g/mol. The van der Waals surface area contributed by atoms with E-state index < -0.39 is 0 Å². The molecule has 4 heteroatoms. The zero-order valence-electron chi connectivity index (χ0n) is 12.8. The molecule has 1 fully saturated rings. The Balaban J connectivity index is 1.99. The van der Waals surface area contributed by atoms with Gasteiger partial charge in [0, 0.05) is 43.3 Å². The maximum Gasteiger partial charge on any atom is 0.228 e. The van der Waals surface area contributed by atoms with Gasteiger partial charge in [0.2, 0.25) is 5.91 Å². The van der Waals surface area contributed by atoms with Crippen molar-refractivity contribution in [1.29, 1.82) is 0 Å². The van der Waals surface area contributed by atoms with Gasteiger partial charge < -0.3 is 14.5 Å². The lowest BCUT2D eigenvalue weighted by Gasteiger charge is -2.38. The molecule has 20 heavy (non-hydrogen) atoms. The van der Waals surface area contributed by atoms with Crippen LogP contribution in [0.4, 0.5) is 5.69 Å². The molecule has 0 saturated carbocycles. The van der Waals surface area contributed by atoms with Crippen molar-refractivity contribution in [2.45, 2.75) is 20.8 Å². The molecule has 1 amide bonds. The second-order valence-corrected chi connectivity index (χ2v) is 6.23. The summed E-state index contributed by atoms with van der Waals surface area (Å²) >= 11 is 0. The molecule has 0 unspecified atom stereocenters. The smallest absolute Gasteiger partial charge is 0.228 e. The predicted octanol–water partition coefficient (Wildman–Crippen LogP) is 2.39. The minimum absolute atomic E-state index is 0.239. The van der Waals surface area contributed by atoms with Crippen molar-refractivity contribution in [2.75, 3.05) is 38.2 Å². The van der Waals surface area contributed by atoms with Gasteiger partial charge in [0.25, 0.3) is 0 Å². The minimum Gasteiger partial charge on any atom is -0.497 e. The van der Waals surface area contributed by atoms with E-state index in [0.717, 1.165) is 37.6 Å². The van der Waals surface area contributed by atoms with Crippen LogP contribution in [-0.4, -0.2) is 44.1 Å². The molecule has 0 atom stereocenters. The largest absolute Gasteiger partial charge is 0.497 e. The molecule has 0 aliphatic carbocycles. The number of benzene rings is 1. The third-order valence-corrected chi connectivity index (χ3v) is 3.63. The summed E-state index contributed by atoms with van der Waals surface area (Å²) in [7, 11) is 1.68. The lowest BCUT2D eigenvalue weighted by Crippen LogP contribution is -2.51. The van der Waals surface area contributed by atoms with Crippen molar-refractivity contribution < 1.29 is 9.53 Å². The third kappa shape index (κ3) is 3.24. The van der Waals surface area contributed by atoms with Crippen LogP contribution in [0.5, 0.6) is 5.75 Å². The van der Waals surface area contributed by atoms with Gasteiger partial charge in [0.05, 0.1) is 7.11 Å². The molecule has 0 radical (unpaired) electrons. The first-order valence-electron chi connectivity index (χ1n) is 7.10. The van der Waals surface area contributed by atoms with Crippen LogP contribution in [0.3, 0.4) is 0 Å². The van der Waals surface area contributed by atoms with Crippen molar-refractivity contribution in [1.82, 2.24) is 4.90 Å². The van der Waals surface area contributed by atoms with Crippen molar-refractivity contribution in [3.63, 3.8) is 0 Å². The standard InChI is InChI=1S/C16H24N2O2/c1-16(2,3)15(19)18-10-8-17(9-11-18)13-6-5-7-14(12-13)20-4/h5-7,12H,8-11H2,1-4H3. The van der Waals surface area contributed by atoms with Crippen molar-refractivity contribution >= 4 is 11.6 Å². The monoisotopic (exact) mass is 276 g/mol. The van der Waals surface area contributed by atoms with Crippen LogP contribution in [-0.2, 0) is 4.79 Å². The highest BCUT2D eigenvalue weighted by Crippen LogP contribution is 2.24. The van der Waals surface area contributed by atoms with Crippen LogP contribution in [0, 0.1) is 5.41 Å². The van der Waals surface area contributed by atoms with Crippen molar-refractivity contribution in [3.05, 3.63) is 24.3 Å². The number of rotatable bonds is 2. The van der Waals surface area contributed by atoms with Gasteiger partial charge in [-0.15, -0.1) is 0 Å². The molecule has 0 bridgehead atoms. The second kappa shape index (κ2) is 5.73. The Bertz CT molecular complexity index is 472. The Kier molecular flexibility index (Phi) is 4.21. The van der Waals surface area contributed by atoms with Crippen LogP contribution in [0.2, 0.25) is 0 Å². The Morgan fingerprint density at radius 3 is 2.35 bits per heavy atom. The molecule has 1 aliphatic rings. The molecule has 1 aliphatic heterocycles. The molecule has 2 rings (SSSR count). The van der Waals surface area contributed by atoms with Gasteiger partial charge >= 0.3 is 0 Å². The van der Waals surface area contributed by atoms with E-state index in [0.29, 0.717) is 0 Å². The summed E-state index contributed by atoms with van der Waals surface area (Å²) in [5, 5.41) is 0. The lowest BCUT2D eigenvalue weighted by molar-refractivity contribution is -0.139. The summed E-state index contributed by atoms with van der Waals surface area (Å²) in [5.41, 5.74) is 0.866. The Morgan fingerprint density at radius 1 is 1.15 bits per heavy atom. The minimum atomic E-state index is -0.294. The summed E-state index contributed by atoms with van der Waals surface area (Å²) in [6, 6.07) is 8.08. The van der Waals surface area contributed by atoms with Crippen LogP contribution in [0.1, 0.15) is 20.8 Å². The van der Waals surface area contributed by atoms with Gasteiger partial charge in [-0.1, -0.05) is 26.8 Å². The zero-order chi connectivity index (χ0) is 14.8. The fourth-order valence-electron chi connectivity index (χ4n) is 2.45. The Morgan fingerprint density at radius 2 is 1.80 bits per heavy atom. The van der Waals surface area contributed by atoms with E-state index in [1.807, 2.05) is 43.9 Å². The molecule has 0 aromatic heterocycles. The van der Waals surface area contributed by atoms with Gasteiger partial charge in [0.15, 0.2) is 0 Å². The van der Waals surface area contributed by atoms with Crippen LogP contribution in [0.15, 0.2) is 24.3 Å². The van der Waals surface area contributed by atoms with E-state index in [-0.39, 0.29) is 11.3 Å². The quantitative estimate of drug-likeness (QED) is 0.831. The lowest BCUT2D eigenvalue weighted by atomic mass is 9.94. The van der Waals surface area contributed by atoms with E-state index >= 15 is 0 Å². The molecule has 1 heterocycles. The third-order valence-electron chi connectivity index (χ3n) is 3.63. The highest BCUT2D eigenvalue weighted by molar-refractivity contribution is 5.81. The average Bonchev–Trinajstić information content (AvgIpc) is 2.46. The molecule has 1 saturated heterocycles. The molecule has 110 valence electrons. The number of carbonyl (C=O) groups excluding carboxylic acids is 1. The first-order chi connectivity index (χ1) is 9.41. The van der Waals surface area contributed by atoms with Gasteiger partial charge in [-0.25, -0.2) is 0 Å². The zero-order valence-corrected chi connectivity index (χ0v) is 12.8. The normalized spacial score (nSPS) is 16.2. The number of nitrogens with zero attached hydrogens (tertiary/aromatic N) is 2. The van der Waals surface area contributed by atoms with Gasteiger partial charge in [-0.05, 0) is 12.1 Å². The number of amides is 1. The summed E-state index contributed by atoms with van der Waals surface area (Å²) in [6.45, 7) is 9.24. The fraction of sp³-hybridized carbons (Fsp3) is 0.562. The maximum absolute atomic E-state index is 12.3. The van der Waals surface area contributed by atoms with E-state index in [4.69, 9.17) is 4.74 Å². The first kappa shape index (κ1) is 14.7. The summed E-state index contributed by atoms with van der Waals surface area (Å²) < 4.78 is 5.26. The van der Waals surface area contributed by atoms with E-state index in [1.54, 1.807) is 7.11 Å². The number of hydrogen-bond acceptors (Lipinski definition) is 3. The fourth-order valence-corrected chi connectivity index (χ4v) is 2.45. The number of hydrogen-bond donors (Lipinski definition) is 0. The summed E-state index contributed by atoms with van der Waals surface area (Å²) in [6.07, 6.45) is 0. The van der Waals surface area contributed by atoms with Crippen LogP contribution >= 0.6 is 0 Å². The van der Waals surface area contributed by atoms with E-state index in [1.165, 1.54) is 0 Å². The van der Waals surface area contributed by atoms with E-state index in [2.05, 4.69) is 11.0 Å².